The Labute approximate surface area is 108 Å². The zero-order valence-electron chi connectivity index (χ0n) is 8.78. The Morgan fingerprint density at radius 3 is 3.20 bits per heavy atom. The molecule has 84 valence electrons. The maximum Gasteiger partial charge on any atom is 0.0897 e. The standard InChI is InChI=1S/C10H15BrN2S2/c1-8-12-9(6-15-8)5-13-2-3-14-7-10(13)4-11/h6,10H,2-5,7H2,1H3. The van der Waals surface area contributed by atoms with Gasteiger partial charge in [0, 0.05) is 41.3 Å². The fourth-order valence-electron chi connectivity index (χ4n) is 1.73. The number of hydrogen-bond donors (Lipinski definition) is 0. The van der Waals surface area contributed by atoms with Crippen molar-refractivity contribution in [1.29, 1.82) is 0 Å². The predicted molar refractivity (Wildman–Crippen MR) is 72.2 cm³/mol. The van der Waals surface area contributed by atoms with Crippen LogP contribution in [0.2, 0.25) is 0 Å². The van der Waals surface area contributed by atoms with Crippen LogP contribution in [0.15, 0.2) is 5.38 Å². The maximum absolute atomic E-state index is 4.53. The van der Waals surface area contributed by atoms with E-state index in [-0.39, 0.29) is 0 Å². The van der Waals surface area contributed by atoms with E-state index in [1.165, 1.54) is 28.8 Å². The van der Waals surface area contributed by atoms with Crippen molar-refractivity contribution in [3.8, 4) is 0 Å². The number of aromatic nitrogens is 1. The molecule has 0 bridgehead atoms. The Balaban J connectivity index is 1.97. The minimum absolute atomic E-state index is 0.672. The smallest absolute Gasteiger partial charge is 0.0897 e. The van der Waals surface area contributed by atoms with Crippen molar-refractivity contribution < 1.29 is 0 Å². The third kappa shape index (κ3) is 3.19. The highest BCUT2D eigenvalue weighted by atomic mass is 79.9. The molecule has 0 radical (unpaired) electrons. The molecule has 0 saturated carbocycles. The quantitative estimate of drug-likeness (QED) is 0.799. The van der Waals surface area contributed by atoms with Gasteiger partial charge in [-0.05, 0) is 6.92 Å². The third-order valence-electron chi connectivity index (χ3n) is 2.56. The van der Waals surface area contributed by atoms with Gasteiger partial charge >= 0.3 is 0 Å². The van der Waals surface area contributed by atoms with Crippen LogP contribution in [0.25, 0.3) is 0 Å². The van der Waals surface area contributed by atoms with Gasteiger partial charge < -0.3 is 0 Å². The molecule has 1 aromatic rings. The van der Waals surface area contributed by atoms with Gasteiger partial charge in [-0.25, -0.2) is 4.98 Å². The third-order valence-corrected chi connectivity index (χ3v) is 5.22. The van der Waals surface area contributed by atoms with Crippen LogP contribution < -0.4 is 0 Å². The average Bonchev–Trinajstić information content (AvgIpc) is 2.65. The van der Waals surface area contributed by atoms with Crippen molar-refractivity contribution >= 4 is 39.0 Å². The van der Waals surface area contributed by atoms with Crippen LogP contribution in [-0.2, 0) is 6.54 Å². The van der Waals surface area contributed by atoms with Crippen LogP contribution in [0.5, 0.6) is 0 Å². The lowest BCUT2D eigenvalue weighted by Gasteiger charge is -2.33. The van der Waals surface area contributed by atoms with Crippen LogP contribution in [-0.4, -0.2) is 39.3 Å². The van der Waals surface area contributed by atoms with Crippen molar-refractivity contribution in [3.63, 3.8) is 0 Å². The maximum atomic E-state index is 4.53. The second kappa shape index (κ2) is 5.66. The summed E-state index contributed by atoms with van der Waals surface area (Å²) in [6, 6.07) is 0.672. The molecule has 2 heterocycles. The van der Waals surface area contributed by atoms with E-state index < -0.39 is 0 Å². The summed E-state index contributed by atoms with van der Waals surface area (Å²) in [6.45, 7) is 4.28. The van der Waals surface area contributed by atoms with E-state index in [0.717, 1.165) is 11.9 Å². The highest BCUT2D eigenvalue weighted by Gasteiger charge is 2.22. The first-order chi connectivity index (χ1) is 7.29. The molecule has 1 atom stereocenters. The summed E-state index contributed by atoms with van der Waals surface area (Å²) in [4.78, 5) is 7.07. The lowest BCUT2D eigenvalue weighted by atomic mass is 10.3. The van der Waals surface area contributed by atoms with Gasteiger partial charge in [-0.15, -0.1) is 11.3 Å². The summed E-state index contributed by atoms with van der Waals surface area (Å²) in [5.74, 6) is 2.50. The summed E-state index contributed by atoms with van der Waals surface area (Å²) >= 11 is 7.40. The molecule has 2 nitrogen and oxygen atoms in total. The van der Waals surface area contributed by atoms with Crippen molar-refractivity contribution in [2.45, 2.75) is 19.5 Å². The Hall–Kier alpha value is 0.420. The summed E-state index contributed by atoms with van der Waals surface area (Å²) in [7, 11) is 0. The average molecular weight is 307 g/mol. The van der Waals surface area contributed by atoms with E-state index in [9.17, 15) is 0 Å². The zero-order valence-corrected chi connectivity index (χ0v) is 12.0. The molecular formula is C10H15BrN2S2. The molecule has 1 saturated heterocycles. The van der Waals surface area contributed by atoms with E-state index in [0.29, 0.717) is 6.04 Å². The van der Waals surface area contributed by atoms with Crippen molar-refractivity contribution in [3.05, 3.63) is 16.1 Å². The molecule has 1 aliphatic heterocycles. The molecule has 5 heteroatoms. The minimum atomic E-state index is 0.672. The van der Waals surface area contributed by atoms with E-state index in [2.05, 4.69) is 49.9 Å². The van der Waals surface area contributed by atoms with Gasteiger partial charge in [0.15, 0.2) is 0 Å². The molecule has 0 amide bonds. The molecule has 0 N–H and O–H groups in total. The van der Waals surface area contributed by atoms with Crippen LogP contribution in [0, 0.1) is 6.92 Å². The minimum Gasteiger partial charge on any atom is -0.292 e. The molecular weight excluding hydrogens is 292 g/mol. The molecule has 1 unspecified atom stereocenters. The van der Waals surface area contributed by atoms with E-state index >= 15 is 0 Å². The molecule has 0 spiro atoms. The second-order valence-corrected chi connectivity index (χ2v) is 6.57. The SMILES string of the molecule is Cc1nc(CN2CCSCC2CBr)cs1. The number of rotatable bonds is 3. The highest BCUT2D eigenvalue weighted by Crippen LogP contribution is 2.20. The molecule has 0 aromatic carbocycles. The van der Waals surface area contributed by atoms with Gasteiger partial charge in [-0.1, -0.05) is 15.9 Å². The Kier molecular flexibility index (Phi) is 4.49. The second-order valence-electron chi connectivity index (χ2n) is 3.71. The van der Waals surface area contributed by atoms with Crippen LogP contribution in [0.3, 0.4) is 0 Å². The van der Waals surface area contributed by atoms with E-state index in [4.69, 9.17) is 0 Å². The number of hydrogen-bond acceptors (Lipinski definition) is 4. The van der Waals surface area contributed by atoms with Gasteiger partial charge in [-0.2, -0.15) is 11.8 Å². The molecule has 1 aromatic heterocycles. The van der Waals surface area contributed by atoms with Crippen molar-refractivity contribution in [1.82, 2.24) is 9.88 Å². The molecule has 15 heavy (non-hydrogen) atoms. The summed E-state index contributed by atoms with van der Waals surface area (Å²) in [5, 5.41) is 4.43. The summed E-state index contributed by atoms with van der Waals surface area (Å²) in [5.41, 5.74) is 1.23. The number of aryl methyl sites for hydroxylation is 1. The Morgan fingerprint density at radius 1 is 1.67 bits per heavy atom. The van der Waals surface area contributed by atoms with Crippen LogP contribution >= 0.6 is 39.0 Å². The molecule has 1 fully saturated rings. The van der Waals surface area contributed by atoms with Gasteiger partial charge in [-0.3, -0.25) is 4.90 Å². The monoisotopic (exact) mass is 306 g/mol. The fraction of sp³-hybridized carbons (Fsp3) is 0.700. The van der Waals surface area contributed by atoms with Crippen molar-refractivity contribution in [2.24, 2.45) is 0 Å². The van der Waals surface area contributed by atoms with Crippen LogP contribution in [0.1, 0.15) is 10.7 Å². The van der Waals surface area contributed by atoms with Crippen molar-refractivity contribution in [2.75, 3.05) is 23.4 Å². The number of nitrogens with zero attached hydrogens (tertiary/aromatic N) is 2. The molecule has 2 rings (SSSR count). The van der Waals surface area contributed by atoms with Gasteiger partial charge in [0.2, 0.25) is 0 Å². The first-order valence-corrected chi connectivity index (χ1v) is 8.24. The lowest BCUT2D eigenvalue weighted by Crippen LogP contribution is -2.42. The Morgan fingerprint density at radius 2 is 2.53 bits per heavy atom. The summed E-state index contributed by atoms with van der Waals surface area (Å²) in [6.07, 6.45) is 0. The van der Waals surface area contributed by atoms with E-state index in [1.807, 2.05) is 0 Å². The first kappa shape index (κ1) is 11.9. The normalized spacial score (nSPS) is 23.2. The van der Waals surface area contributed by atoms with Gasteiger partial charge in [0.1, 0.15) is 0 Å². The fourth-order valence-corrected chi connectivity index (χ4v) is 4.40. The first-order valence-electron chi connectivity index (χ1n) is 5.08. The largest absolute Gasteiger partial charge is 0.292 e. The molecule has 0 aliphatic carbocycles. The topological polar surface area (TPSA) is 16.1 Å². The number of halogens is 1. The van der Waals surface area contributed by atoms with Gasteiger partial charge in [0.05, 0.1) is 10.7 Å². The van der Waals surface area contributed by atoms with Gasteiger partial charge in [0.25, 0.3) is 0 Å². The number of thioether (sulfide) groups is 1. The lowest BCUT2D eigenvalue weighted by molar-refractivity contribution is 0.226. The number of alkyl halides is 1. The predicted octanol–water partition coefficient (Wildman–Crippen LogP) is 2.76. The van der Waals surface area contributed by atoms with Crippen LogP contribution in [0.4, 0.5) is 0 Å². The summed E-state index contributed by atoms with van der Waals surface area (Å²) < 4.78 is 0. The Bertz CT molecular complexity index is 316. The molecule has 1 aliphatic rings. The zero-order chi connectivity index (χ0) is 10.7. The van der Waals surface area contributed by atoms with E-state index in [1.54, 1.807) is 11.3 Å². The highest BCUT2D eigenvalue weighted by molar-refractivity contribution is 9.09. The number of thiazole rings is 1.